The maximum absolute atomic E-state index is 13.9. The lowest BCUT2D eigenvalue weighted by Crippen LogP contribution is -2.38. The summed E-state index contributed by atoms with van der Waals surface area (Å²) in [6, 6.07) is 2.74. The van der Waals surface area contributed by atoms with Gasteiger partial charge >= 0.3 is 0 Å². The monoisotopic (exact) mass is 333 g/mol. The molecule has 0 saturated carbocycles. The van der Waals surface area contributed by atoms with E-state index in [0.29, 0.717) is 12.1 Å². The molecule has 0 amide bonds. The van der Waals surface area contributed by atoms with Crippen LogP contribution in [-0.4, -0.2) is 25.3 Å². The van der Waals surface area contributed by atoms with E-state index in [0.717, 1.165) is 25.7 Å². The normalized spacial score (nSPS) is 21.2. The Morgan fingerprint density at radius 1 is 1.33 bits per heavy atom. The number of benzene rings is 1. The van der Waals surface area contributed by atoms with Gasteiger partial charge in [-0.2, -0.15) is 4.31 Å². The van der Waals surface area contributed by atoms with Crippen LogP contribution in [0.3, 0.4) is 0 Å². The van der Waals surface area contributed by atoms with Crippen molar-refractivity contribution in [3.63, 3.8) is 0 Å². The maximum atomic E-state index is 13.9. The second-order valence-corrected chi connectivity index (χ2v) is 7.82. The fraction of sp³-hybridized carbons (Fsp3) is 0.600. The van der Waals surface area contributed by atoms with E-state index >= 15 is 0 Å². The lowest BCUT2D eigenvalue weighted by Gasteiger charge is -2.26. The molecular weight excluding hydrogens is 313 g/mol. The lowest BCUT2D eigenvalue weighted by molar-refractivity contribution is 0.342. The molecule has 1 fully saturated rings. The molecule has 0 bridgehead atoms. The maximum Gasteiger partial charge on any atom is 0.243 e. The molecule has 6 heteroatoms. The summed E-state index contributed by atoms with van der Waals surface area (Å²) in [6.07, 6.45) is 3.82. The van der Waals surface area contributed by atoms with Crippen LogP contribution in [0.5, 0.6) is 0 Å². The van der Waals surface area contributed by atoms with Crippen molar-refractivity contribution in [2.75, 3.05) is 6.54 Å². The molecule has 0 radical (unpaired) electrons. The van der Waals surface area contributed by atoms with E-state index in [1.54, 1.807) is 11.2 Å². The molecule has 1 aliphatic heterocycles. The van der Waals surface area contributed by atoms with Crippen LogP contribution in [0.2, 0.25) is 0 Å². The van der Waals surface area contributed by atoms with Crippen LogP contribution < -0.4 is 0 Å². The largest absolute Gasteiger partial charge is 0.243 e. The zero-order valence-electron chi connectivity index (χ0n) is 12.4. The molecule has 1 aliphatic rings. The highest BCUT2D eigenvalue weighted by molar-refractivity contribution is 7.89. The van der Waals surface area contributed by atoms with E-state index in [-0.39, 0.29) is 22.4 Å². The van der Waals surface area contributed by atoms with Crippen molar-refractivity contribution >= 4 is 21.6 Å². The first-order chi connectivity index (χ1) is 9.87. The molecule has 1 saturated heterocycles. The zero-order chi connectivity index (χ0) is 15.6. The van der Waals surface area contributed by atoms with Crippen LogP contribution in [0.15, 0.2) is 17.0 Å². The van der Waals surface area contributed by atoms with Gasteiger partial charge in [-0.15, -0.1) is 11.6 Å². The van der Waals surface area contributed by atoms with Crippen LogP contribution in [-0.2, 0) is 15.9 Å². The van der Waals surface area contributed by atoms with Crippen molar-refractivity contribution in [1.82, 2.24) is 4.31 Å². The fourth-order valence-electron chi connectivity index (χ4n) is 2.79. The van der Waals surface area contributed by atoms with Crippen molar-refractivity contribution in [2.45, 2.75) is 56.3 Å². The van der Waals surface area contributed by atoms with Crippen molar-refractivity contribution in [3.8, 4) is 0 Å². The molecule has 3 nitrogen and oxygen atoms in total. The Kier molecular flexibility index (Phi) is 5.28. The van der Waals surface area contributed by atoms with E-state index < -0.39 is 15.8 Å². The summed E-state index contributed by atoms with van der Waals surface area (Å²) in [4.78, 5) is 0.144. The minimum Gasteiger partial charge on any atom is -0.207 e. The van der Waals surface area contributed by atoms with Gasteiger partial charge in [-0.1, -0.05) is 12.8 Å². The molecule has 2 rings (SSSR count). The molecule has 1 heterocycles. The Bertz CT molecular complexity index is 618. The van der Waals surface area contributed by atoms with Gasteiger partial charge in [0.1, 0.15) is 5.82 Å². The van der Waals surface area contributed by atoms with Gasteiger partial charge in [0.15, 0.2) is 0 Å². The number of hydrogen-bond acceptors (Lipinski definition) is 2. The molecule has 1 aromatic carbocycles. The van der Waals surface area contributed by atoms with Gasteiger partial charge in [-0.25, -0.2) is 12.8 Å². The molecular formula is C15H21ClFNO2S. The quantitative estimate of drug-likeness (QED) is 0.788. The van der Waals surface area contributed by atoms with Gasteiger partial charge in [-0.05, 0) is 44.4 Å². The molecule has 1 aromatic rings. The summed E-state index contributed by atoms with van der Waals surface area (Å²) < 4.78 is 41.1. The first kappa shape index (κ1) is 16.7. The van der Waals surface area contributed by atoms with Crippen molar-refractivity contribution in [3.05, 3.63) is 29.1 Å². The number of halogens is 2. The second-order valence-electron chi connectivity index (χ2n) is 5.66. The molecule has 118 valence electrons. The molecule has 0 N–H and O–H groups in total. The Morgan fingerprint density at radius 2 is 2.05 bits per heavy atom. The summed E-state index contributed by atoms with van der Waals surface area (Å²) in [5, 5.41) is 0. The number of hydrogen-bond donors (Lipinski definition) is 0. The summed E-state index contributed by atoms with van der Waals surface area (Å²) >= 11 is 5.72. The molecule has 1 unspecified atom stereocenters. The van der Waals surface area contributed by atoms with Crippen molar-refractivity contribution < 1.29 is 12.8 Å². The average Bonchev–Trinajstić information content (AvgIpc) is 2.66. The summed E-state index contributed by atoms with van der Waals surface area (Å²) in [7, 11) is -3.60. The number of sulfonamides is 1. The SMILES string of the molecule is Cc1cc(S(=O)(=O)N2CCCCCC2C)cc(CCl)c1F. The van der Waals surface area contributed by atoms with E-state index in [9.17, 15) is 12.8 Å². The first-order valence-electron chi connectivity index (χ1n) is 7.24. The molecule has 1 atom stereocenters. The Labute approximate surface area is 131 Å². The highest BCUT2D eigenvalue weighted by atomic mass is 35.5. The highest BCUT2D eigenvalue weighted by Crippen LogP contribution is 2.27. The first-order valence-corrected chi connectivity index (χ1v) is 9.22. The highest BCUT2D eigenvalue weighted by Gasteiger charge is 2.30. The van der Waals surface area contributed by atoms with Crippen molar-refractivity contribution in [2.24, 2.45) is 0 Å². The van der Waals surface area contributed by atoms with Crippen molar-refractivity contribution in [1.29, 1.82) is 0 Å². The van der Waals surface area contributed by atoms with Gasteiger partial charge in [0, 0.05) is 18.2 Å². The number of aryl methyl sites for hydroxylation is 1. The molecule has 0 aliphatic carbocycles. The van der Waals surface area contributed by atoms with E-state index in [2.05, 4.69) is 0 Å². The zero-order valence-corrected chi connectivity index (χ0v) is 14.0. The van der Waals surface area contributed by atoms with E-state index in [1.807, 2.05) is 6.92 Å². The average molecular weight is 334 g/mol. The second kappa shape index (κ2) is 6.63. The number of rotatable bonds is 3. The Balaban J connectivity index is 2.45. The summed E-state index contributed by atoms with van der Waals surface area (Å²) in [5.74, 6) is -0.459. The Morgan fingerprint density at radius 3 is 2.71 bits per heavy atom. The Hall–Kier alpha value is -0.650. The predicted molar refractivity (Wildman–Crippen MR) is 82.5 cm³/mol. The third-order valence-electron chi connectivity index (χ3n) is 4.05. The van der Waals surface area contributed by atoms with Crippen LogP contribution >= 0.6 is 11.6 Å². The summed E-state index contributed by atoms with van der Waals surface area (Å²) in [5.41, 5.74) is 0.548. The minimum absolute atomic E-state index is 0.0256. The molecule has 0 aromatic heterocycles. The fourth-order valence-corrected chi connectivity index (χ4v) is 4.82. The molecule has 21 heavy (non-hydrogen) atoms. The van der Waals surface area contributed by atoms with Gasteiger partial charge in [-0.3, -0.25) is 0 Å². The van der Waals surface area contributed by atoms with Gasteiger partial charge in [0.05, 0.1) is 10.8 Å². The predicted octanol–water partition coefficient (Wildman–Crippen LogP) is 3.83. The standard InChI is InChI=1S/C15H21ClFNO2S/c1-11-8-14(9-13(10-16)15(11)17)21(19,20)18-7-5-3-4-6-12(18)2/h8-9,12H,3-7,10H2,1-2H3. The minimum atomic E-state index is -3.60. The smallest absolute Gasteiger partial charge is 0.207 e. The van der Waals surface area contributed by atoms with Crippen LogP contribution in [0.25, 0.3) is 0 Å². The van der Waals surface area contributed by atoms with Gasteiger partial charge in [0.25, 0.3) is 0 Å². The number of alkyl halides is 1. The van der Waals surface area contributed by atoms with Crippen LogP contribution in [0, 0.1) is 12.7 Å². The van der Waals surface area contributed by atoms with E-state index in [1.165, 1.54) is 12.1 Å². The molecule has 0 spiro atoms. The van der Waals surface area contributed by atoms with E-state index in [4.69, 9.17) is 11.6 Å². The summed E-state index contributed by atoms with van der Waals surface area (Å²) in [6.45, 7) is 4.02. The van der Waals surface area contributed by atoms with Crippen LogP contribution in [0.1, 0.15) is 43.7 Å². The third-order valence-corrected chi connectivity index (χ3v) is 6.33. The lowest BCUT2D eigenvalue weighted by atomic mass is 10.1. The van der Waals surface area contributed by atoms with Gasteiger partial charge in [0.2, 0.25) is 10.0 Å². The third kappa shape index (κ3) is 3.41. The van der Waals surface area contributed by atoms with Crippen LogP contribution in [0.4, 0.5) is 4.39 Å². The topological polar surface area (TPSA) is 37.4 Å². The van der Waals surface area contributed by atoms with Gasteiger partial charge < -0.3 is 0 Å². The number of nitrogens with zero attached hydrogens (tertiary/aromatic N) is 1.